The molecule has 0 bridgehead atoms. The lowest BCUT2D eigenvalue weighted by Crippen LogP contribution is -2.20. The second-order valence-corrected chi connectivity index (χ2v) is 7.65. The van der Waals surface area contributed by atoms with Crippen molar-refractivity contribution in [1.82, 2.24) is 14.5 Å². The lowest BCUT2D eigenvalue weighted by molar-refractivity contribution is 0.262. The number of anilines is 2. The van der Waals surface area contributed by atoms with Gasteiger partial charge in [0.15, 0.2) is 0 Å². The van der Waals surface area contributed by atoms with Crippen molar-refractivity contribution in [3.05, 3.63) is 89.4 Å². The summed E-state index contributed by atoms with van der Waals surface area (Å²) in [6.45, 7) is 0.619. The average molecular weight is 478 g/mol. The summed E-state index contributed by atoms with van der Waals surface area (Å²) in [5.41, 5.74) is 3.29. The highest BCUT2D eigenvalue weighted by Gasteiger charge is 2.10. The van der Waals surface area contributed by atoms with Crippen LogP contribution in [0.4, 0.5) is 16.2 Å². The number of amides is 2. The van der Waals surface area contributed by atoms with E-state index in [1.807, 2.05) is 48.7 Å². The predicted octanol–water partition coefficient (Wildman–Crippen LogP) is 5.41. The number of hydrogen-bond acceptors (Lipinski definition) is 4. The summed E-state index contributed by atoms with van der Waals surface area (Å²) >= 11 is 3.40. The highest BCUT2D eigenvalue weighted by molar-refractivity contribution is 9.10. The van der Waals surface area contributed by atoms with E-state index in [-0.39, 0.29) is 6.03 Å². The minimum atomic E-state index is -0.353. The molecule has 0 spiro atoms. The zero-order valence-electron chi connectivity index (χ0n) is 16.7. The summed E-state index contributed by atoms with van der Waals surface area (Å²) in [5.74, 6) is 1.44. The van der Waals surface area contributed by atoms with E-state index in [9.17, 15) is 4.79 Å². The van der Waals surface area contributed by atoms with Crippen molar-refractivity contribution in [2.45, 2.75) is 6.54 Å². The van der Waals surface area contributed by atoms with Crippen LogP contribution in [-0.2, 0) is 6.54 Å². The van der Waals surface area contributed by atoms with Crippen LogP contribution in [0, 0.1) is 0 Å². The van der Waals surface area contributed by atoms with Crippen LogP contribution in [0.15, 0.2) is 83.9 Å². The van der Waals surface area contributed by atoms with Gasteiger partial charge in [-0.25, -0.2) is 9.78 Å². The maximum absolute atomic E-state index is 12.5. The maximum Gasteiger partial charge on any atom is 0.323 e. The van der Waals surface area contributed by atoms with E-state index < -0.39 is 0 Å². The molecule has 2 aromatic carbocycles. The van der Waals surface area contributed by atoms with Crippen LogP contribution in [0.3, 0.4) is 0 Å². The second kappa shape index (κ2) is 9.44. The number of ether oxygens (including phenoxy) is 1. The first-order valence-corrected chi connectivity index (χ1v) is 10.3. The normalized spacial score (nSPS) is 10.5. The van der Waals surface area contributed by atoms with Gasteiger partial charge in [0.25, 0.3) is 0 Å². The molecule has 8 heteroatoms. The van der Waals surface area contributed by atoms with Crippen molar-refractivity contribution in [3.8, 4) is 17.1 Å². The van der Waals surface area contributed by atoms with E-state index in [0.717, 1.165) is 21.4 Å². The van der Waals surface area contributed by atoms with E-state index in [1.165, 1.54) is 0 Å². The molecule has 7 nitrogen and oxygen atoms in total. The average Bonchev–Trinajstić information content (AvgIpc) is 3.23. The summed E-state index contributed by atoms with van der Waals surface area (Å²) in [6, 6.07) is 16.6. The van der Waals surface area contributed by atoms with Gasteiger partial charge < -0.3 is 19.9 Å². The molecule has 2 amide bonds. The van der Waals surface area contributed by atoms with Gasteiger partial charge in [-0.3, -0.25) is 4.98 Å². The largest absolute Gasteiger partial charge is 0.495 e. The Balaban J connectivity index is 1.47. The molecular weight excluding hydrogens is 458 g/mol. The fourth-order valence-corrected chi connectivity index (χ4v) is 3.57. The quantitative estimate of drug-likeness (QED) is 0.389. The minimum Gasteiger partial charge on any atom is -0.495 e. The van der Waals surface area contributed by atoms with Gasteiger partial charge in [-0.2, -0.15) is 0 Å². The number of hydrogen-bond donors (Lipinski definition) is 2. The number of methoxy groups -OCH3 is 1. The summed E-state index contributed by atoms with van der Waals surface area (Å²) in [6.07, 6.45) is 7.20. The number of nitrogens with one attached hydrogen (secondary N) is 2. The molecule has 0 radical (unpaired) electrons. The van der Waals surface area contributed by atoms with Crippen molar-refractivity contribution in [2.75, 3.05) is 17.7 Å². The molecule has 0 saturated carbocycles. The Labute approximate surface area is 188 Å². The Morgan fingerprint density at radius 3 is 2.71 bits per heavy atom. The standard InChI is InChI=1S/C23H20BrN5O2/c1-31-21-6-5-18(24)14-20(21)28-23(30)27-19-4-2-3-16(13-19)15-29-12-11-26-22(29)17-7-9-25-10-8-17/h2-14H,15H2,1H3,(H2,27,28,30). The third kappa shape index (κ3) is 5.10. The first-order chi connectivity index (χ1) is 15.1. The first kappa shape index (κ1) is 20.6. The van der Waals surface area contributed by atoms with E-state index >= 15 is 0 Å². The first-order valence-electron chi connectivity index (χ1n) is 9.54. The number of nitrogens with zero attached hydrogens (tertiary/aromatic N) is 3. The molecule has 4 rings (SSSR count). The molecule has 0 saturated heterocycles. The number of halogens is 1. The van der Waals surface area contributed by atoms with Crippen LogP contribution in [0.2, 0.25) is 0 Å². The lowest BCUT2D eigenvalue weighted by atomic mass is 10.2. The summed E-state index contributed by atoms with van der Waals surface area (Å²) < 4.78 is 8.20. The molecule has 4 aromatic rings. The smallest absolute Gasteiger partial charge is 0.323 e. The molecular formula is C23H20BrN5O2. The number of urea groups is 1. The SMILES string of the molecule is COc1ccc(Br)cc1NC(=O)Nc1cccc(Cn2ccnc2-c2ccncc2)c1. The number of aromatic nitrogens is 3. The third-order valence-corrected chi connectivity index (χ3v) is 5.09. The van der Waals surface area contributed by atoms with E-state index in [1.54, 1.807) is 37.8 Å². The van der Waals surface area contributed by atoms with Crippen LogP contribution in [0.25, 0.3) is 11.4 Å². The molecule has 0 fully saturated rings. The molecule has 2 N–H and O–H groups in total. The van der Waals surface area contributed by atoms with Crippen molar-refractivity contribution in [3.63, 3.8) is 0 Å². The van der Waals surface area contributed by atoms with Crippen LogP contribution in [0.1, 0.15) is 5.56 Å². The number of rotatable bonds is 6. The molecule has 0 aliphatic heterocycles. The Morgan fingerprint density at radius 2 is 1.90 bits per heavy atom. The fraction of sp³-hybridized carbons (Fsp3) is 0.0870. The summed E-state index contributed by atoms with van der Waals surface area (Å²) in [5, 5.41) is 5.69. The van der Waals surface area contributed by atoms with Gasteiger partial charge in [-0.05, 0) is 48.0 Å². The molecule has 156 valence electrons. The third-order valence-electron chi connectivity index (χ3n) is 4.60. The minimum absolute atomic E-state index is 0.353. The zero-order valence-corrected chi connectivity index (χ0v) is 18.3. The second-order valence-electron chi connectivity index (χ2n) is 6.74. The molecule has 31 heavy (non-hydrogen) atoms. The number of carbonyl (C=O) groups is 1. The van der Waals surface area contributed by atoms with Gasteiger partial charge in [0.05, 0.1) is 12.8 Å². The molecule has 2 aromatic heterocycles. The number of imidazole rings is 1. The van der Waals surface area contributed by atoms with Gasteiger partial charge in [0.1, 0.15) is 11.6 Å². The number of pyridine rings is 1. The predicted molar refractivity (Wildman–Crippen MR) is 124 cm³/mol. The van der Waals surface area contributed by atoms with E-state index in [4.69, 9.17) is 4.74 Å². The Kier molecular flexibility index (Phi) is 6.28. The Bertz CT molecular complexity index is 1190. The lowest BCUT2D eigenvalue weighted by Gasteiger charge is -2.13. The summed E-state index contributed by atoms with van der Waals surface area (Å²) in [4.78, 5) is 21.0. The number of benzene rings is 2. The highest BCUT2D eigenvalue weighted by atomic mass is 79.9. The van der Waals surface area contributed by atoms with E-state index in [2.05, 4.69) is 41.1 Å². The van der Waals surface area contributed by atoms with Gasteiger partial charge in [0, 0.05) is 47.1 Å². The van der Waals surface area contributed by atoms with Gasteiger partial charge >= 0.3 is 6.03 Å². The zero-order chi connectivity index (χ0) is 21.6. The monoisotopic (exact) mass is 477 g/mol. The van der Waals surface area contributed by atoms with Crippen molar-refractivity contribution >= 4 is 33.3 Å². The van der Waals surface area contributed by atoms with Crippen LogP contribution < -0.4 is 15.4 Å². The van der Waals surface area contributed by atoms with Crippen molar-refractivity contribution in [2.24, 2.45) is 0 Å². The van der Waals surface area contributed by atoms with Crippen molar-refractivity contribution < 1.29 is 9.53 Å². The van der Waals surface area contributed by atoms with Crippen molar-refractivity contribution in [1.29, 1.82) is 0 Å². The topological polar surface area (TPSA) is 81.1 Å². The Morgan fingerprint density at radius 1 is 1.06 bits per heavy atom. The van der Waals surface area contributed by atoms with Crippen LogP contribution in [-0.4, -0.2) is 27.7 Å². The molecule has 0 aliphatic carbocycles. The van der Waals surface area contributed by atoms with Gasteiger partial charge in [0.2, 0.25) is 0 Å². The highest BCUT2D eigenvalue weighted by Crippen LogP contribution is 2.28. The van der Waals surface area contributed by atoms with Crippen LogP contribution >= 0.6 is 15.9 Å². The Hall–Kier alpha value is -3.65. The maximum atomic E-state index is 12.5. The summed E-state index contributed by atoms with van der Waals surface area (Å²) in [7, 11) is 1.56. The van der Waals surface area contributed by atoms with Gasteiger partial charge in [-0.1, -0.05) is 28.1 Å². The molecule has 0 atom stereocenters. The number of carbonyl (C=O) groups excluding carboxylic acids is 1. The van der Waals surface area contributed by atoms with Gasteiger partial charge in [-0.15, -0.1) is 0 Å². The molecule has 2 heterocycles. The molecule has 0 aliphatic rings. The fourth-order valence-electron chi connectivity index (χ4n) is 3.20. The van der Waals surface area contributed by atoms with Crippen LogP contribution in [0.5, 0.6) is 5.75 Å². The van der Waals surface area contributed by atoms with E-state index in [0.29, 0.717) is 23.7 Å². The molecule has 0 unspecified atom stereocenters.